The van der Waals surface area contributed by atoms with Crippen LogP contribution >= 0.6 is 0 Å². The van der Waals surface area contributed by atoms with Crippen molar-refractivity contribution in [3.63, 3.8) is 0 Å². The third-order valence-corrected chi connectivity index (χ3v) is 1.65. The van der Waals surface area contributed by atoms with Crippen LogP contribution in [0.5, 0.6) is 0 Å². The second-order valence-electron chi connectivity index (χ2n) is 2.72. The van der Waals surface area contributed by atoms with Gasteiger partial charge in [0.05, 0.1) is 0 Å². The Bertz CT molecular complexity index is 454. The molecule has 0 amide bonds. The minimum Gasteiger partial charge on any atom is -0.255 e. The first-order valence-corrected chi connectivity index (χ1v) is 3.98. The Morgan fingerprint density at radius 3 is 2.44 bits per heavy atom. The fraction of sp³-hybridized carbons (Fsp3) is 0.125. The number of hydrogen-bond acceptors (Lipinski definition) is 3. The van der Waals surface area contributed by atoms with Crippen molar-refractivity contribution in [3.05, 3.63) is 30.2 Å². The molecule has 2 heterocycles. The number of pyridine rings is 1. The Morgan fingerprint density at radius 1 is 1.19 bits per heavy atom. The quantitative estimate of drug-likeness (QED) is 0.787. The van der Waals surface area contributed by atoms with Crippen LogP contribution in [0.3, 0.4) is 0 Å². The standard InChI is InChI=1S/C8H5F3N4.Ir/c9-8(10,11)7-13-6(14-15-7)5-3-1-2-4-12-5;/h1-4H,(H,13,14,15);. The van der Waals surface area contributed by atoms with Crippen LogP contribution < -0.4 is 0 Å². The summed E-state index contributed by atoms with van der Waals surface area (Å²) in [7, 11) is 0. The van der Waals surface area contributed by atoms with E-state index in [1.807, 2.05) is 5.10 Å². The molecule has 2 aromatic rings. The van der Waals surface area contributed by atoms with Crippen LogP contribution in [0.4, 0.5) is 13.2 Å². The summed E-state index contributed by atoms with van der Waals surface area (Å²) >= 11 is 0. The van der Waals surface area contributed by atoms with Gasteiger partial charge >= 0.3 is 6.18 Å². The van der Waals surface area contributed by atoms with Crippen molar-refractivity contribution in [1.29, 1.82) is 0 Å². The predicted molar refractivity (Wildman–Crippen MR) is 44.6 cm³/mol. The summed E-state index contributed by atoms with van der Waals surface area (Å²) in [4.78, 5) is 7.13. The van der Waals surface area contributed by atoms with Gasteiger partial charge in [0.2, 0.25) is 5.82 Å². The molecule has 0 saturated heterocycles. The average molecular weight is 406 g/mol. The molecule has 1 radical (unpaired) electrons. The Morgan fingerprint density at radius 2 is 1.94 bits per heavy atom. The number of H-pyrrole nitrogens is 1. The van der Waals surface area contributed by atoms with E-state index in [9.17, 15) is 13.2 Å². The van der Waals surface area contributed by atoms with Gasteiger partial charge < -0.3 is 0 Å². The minimum absolute atomic E-state index is 0. The van der Waals surface area contributed by atoms with Crippen molar-refractivity contribution in [2.45, 2.75) is 6.18 Å². The second kappa shape index (κ2) is 4.71. The third-order valence-electron chi connectivity index (χ3n) is 1.65. The summed E-state index contributed by atoms with van der Waals surface area (Å²) in [5, 5.41) is 5.25. The van der Waals surface area contributed by atoms with Crippen LogP contribution in [-0.4, -0.2) is 20.2 Å². The molecule has 0 saturated carbocycles. The normalized spacial score (nSPS) is 10.9. The maximum atomic E-state index is 12.2. The van der Waals surface area contributed by atoms with Crippen LogP contribution in [0.25, 0.3) is 11.5 Å². The summed E-state index contributed by atoms with van der Waals surface area (Å²) in [5.41, 5.74) is 0.296. The molecule has 0 bridgehead atoms. The van der Waals surface area contributed by atoms with Gasteiger partial charge in [-0.25, -0.2) is 4.98 Å². The minimum atomic E-state index is -4.51. The maximum absolute atomic E-state index is 12.2. The number of aromatic amines is 1. The fourth-order valence-corrected chi connectivity index (χ4v) is 0.998. The van der Waals surface area contributed by atoms with Gasteiger partial charge in [0.1, 0.15) is 5.69 Å². The van der Waals surface area contributed by atoms with Crippen molar-refractivity contribution in [2.24, 2.45) is 0 Å². The molecule has 0 spiro atoms. The third kappa shape index (κ3) is 2.65. The van der Waals surface area contributed by atoms with Crippen LogP contribution in [0.2, 0.25) is 0 Å². The van der Waals surface area contributed by atoms with E-state index in [2.05, 4.69) is 15.1 Å². The summed E-state index contributed by atoms with van der Waals surface area (Å²) < 4.78 is 36.5. The molecule has 1 N–H and O–H groups in total. The predicted octanol–water partition coefficient (Wildman–Crippen LogP) is 1.88. The first kappa shape index (κ1) is 12.8. The molecule has 0 aromatic carbocycles. The van der Waals surface area contributed by atoms with Gasteiger partial charge in [-0.15, -0.1) is 0 Å². The molecule has 8 heteroatoms. The first-order valence-electron chi connectivity index (χ1n) is 3.98. The molecule has 16 heavy (non-hydrogen) atoms. The van der Waals surface area contributed by atoms with E-state index in [0.29, 0.717) is 5.69 Å². The van der Waals surface area contributed by atoms with E-state index in [1.165, 1.54) is 12.3 Å². The number of aromatic nitrogens is 4. The topological polar surface area (TPSA) is 54.5 Å². The molecule has 0 aliphatic heterocycles. The SMILES string of the molecule is FC(F)(F)c1nc(-c2ccccn2)n[nH]1.[Ir]. The summed E-state index contributed by atoms with van der Waals surface area (Å²) in [6.07, 6.45) is -3.06. The van der Waals surface area contributed by atoms with Gasteiger partial charge in [-0.3, -0.25) is 10.1 Å². The zero-order valence-corrected chi connectivity index (χ0v) is 10.0. The molecule has 0 aliphatic carbocycles. The van der Waals surface area contributed by atoms with Crippen LogP contribution in [0.15, 0.2) is 24.4 Å². The zero-order chi connectivity index (χ0) is 10.9. The number of rotatable bonds is 1. The van der Waals surface area contributed by atoms with Crippen molar-refractivity contribution in [1.82, 2.24) is 20.2 Å². The smallest absolute Gasteiger partial charge is 0.255 e. The van der Waals surface area contributed by atoms with Gasteiger partial charge in [0.25, 0.3) is 0 Å². The monoisotopic (exact) mass is 407 g/mol. The van der Waals surface area contributed by atoms with E-state index in [0.717, 1.165) is 0 Å². The van der Waals surface area contributed by atoms with Gasteiger partial charge in [-0.2, -0.15) is 18.3 Å². The van der Waals surface area contributed by atoms with E-state index in [1.54, 1.807) is 12.1 Å². The zero-order valence-electron chi connectivity index (χ0n) is 7.62. The molecule has 87 valence electrons. The van der Waals surface area contributed by atoms with Crippen molar-refractivity contribution in [2.75, 3.05) is 0 Å². The Hall–Kier alpha value is -1.27. The molecular weight excluding hydrogens is 401 g/mol. The second-order valence-corrected chi connectivity index (χ2v) is 2.72. The summed E-state index contributed by atoms with van der Waals surface area (Å²) in [6.45, 7) is 0. The van der Waals surface area contributed by atoms with Crippen LogP contribution in [0, 0.1) is 0 Å². The molecule has 4 nitrogen and oxygen atoms in total. The van der Waals surface area contributed by atoms with Crippen molar-refractivity contribution >= 4 is 0 Å². The Balaban J connectivity index is 0.00000128. The van der Waals surface area contributed by atoms with Crippen LogP contribution in [0.1, 0.15) is 5.82 Å². The van der Waals surface area contributed by atoms with E-state index < -0.39 is 12.0 Å². The van der Waals surface area contributed by atoms with Crippen molar-refractivity contribution < 1.29 is 33.3 Å². The van der Waals surface area contributed by atoms with Gasteiger partial charge in [-0.1, -0.05) is 6.07 Å². The van der Waals surface area contributed by atoms with E-state index >= 15 is 0 Å². The maximum Gasteiger partial charge on any atom is 0.451 e. The number of alkyl halides is 3. The molecule has 2 aromatic heterocycles. The molecule has 2 rings (SSSR count). The fourth-order valence-electron chi connectivity index (χ4n) is 0.998. The number of hydrogen-bond donors (Lipinski definition) is 1. The number of nitrogens with zero attached hydrogens (tertiary/aromatic N) is 3. The molecule has 0 aliphatic rings. The molecule has 0 fully saturated rings. The average Bonchev–Trinajstić information content (AvgIpc) is 2.67. The Labute approximate surface area is 102 Å². The number of nitrogens with one attached hydrogen (secondary N) is 1. The van der Waals surface area contributed by atoms with Gasteiger partial charge in [-0.05, 0) is 12.1 Å². The van der Waals surface area contributed by atoms with Gasteiger partial charge in [0, 0.05) is 26.3 Å². The first-order chi connectivity index (χ1) is 7.07. The van der Waals surface area contributed by atoms with Crippen molar-refractivity contribution in [3.8, 4) is 11.5 Å². The molecular formula is C8H5F3IrN4. The van der Waals surface area contributed by atoms with E-state index in [4.69, 9.17) is 0 Å². The summed E-state index contributed by atoms with van der Waals surface area (Å²) in [6, 6.07) is 4.83. The van der Waals surface area contributed by atoms with E-state index in [-0.39, 0.29) is 25.9 Å². The van der Waals surface area contributed by atoms with Crippen LogP contribution in [-0.2, 0) is 26.3 Å². The largest absolute Gasteiger partial charge is 0.451 e. The van der Waals surface area contributed by atoms with Gasteiger partial charge in [0.15, 0.2) is 5.82 Å². The molecule has 0 atom stereocenters. The summed E-state index contributed by atoms with van der Waals surface area (Å²) in [5.74, 6) is -1.19. The molecule has 0 unspecified atom stereocenters. The Kier molecular flexibility index (Phi) is 3.77. The number of halogens is 3.